The number of para-hydroxylation sites is 1. The minimum Gasteiger partial charge on any atom is -0.490 e. The van der Waals surface area contributed by atoms with E-state index in [9.17, 15) is 9.59 Å². The number of nitrogens with one attached hydrogen (secondary N) is 1. The summed E-state index contributed by atoms with van der Waals surface area (Å²) in [5.74, 6) is 1.30. The van der Waals surface area contributed by atoms with Crippen LogP contribution < -0.4 is 34.9 Å². The van der Waals surface area contributed by atoms with Crippen molar-refractivity contribution in [3.63, 3.8) is 0 Å². The summed E-state index contributed by atoms with van der Waals surface area (Å²) in [6.45, 7) is 2.11. The van der Waals surface area contributed by atoms with Crippen molar-refractivity contribution >= 4 is 23.2 Å². The van der Waals surface area contributed by atoms with Crippen LogP contribution in [0.3, 0.4) is 0 Å². The van der Waals surface area contributed by atoms with E-state index in [0.29, 0.717) is 40.9 Å². The molecule has 9 heteroatoms. The number of amides is 2. The maximum atomic E-state index is 13.7. The van der Waals surface area contributed by atoms with Crippen LogP contribution in [0.15, 0.2) is 60.7 Å². The summed E-state index contributed by atoms with van der Waals surface area (Å²) in [4.78, 5) is 26.5. The zero-order chi connectivity index (χ0) is 23.7. The van der Waals surface area contributed by atoms with Crippen LogP contribution in [0, 0.1) is 0 Å². The molecule has 2 aliphatic heterocycles. The summed E-state index contributed by atoms with van der Waals surface area (Å²) < 4.78 is 22.2. The monoisotopic (exact) mass is 461 g/mol. The third kappa shape index (κ3) is 3.92. The van der Waals surface area contributed by atoms with Gasteiger partial charge in [0, 0.05) is 11.8 Å². The van der Waals surface area contributed by atoms with E-state index < -0.39 is 12.1 Å². The minimum absolute atomic E-state index is 0.141. The first-order valence-electron chi connectivity index (χ1n) is 10.8. The van der Waals surface area contributed by atoms with Gasteiger partial charge in [0.1, 0.15) is 6.17 Å². The van der Waals surface area contributed by atoms with E-state index in [-0.39, 0.29) is 19.3 Å². The molecule has 0 fully saturated rings. The minimum atomic E-state index is -0.586. The summed E-state index contributed by atoms with van der Waals surface area (Å²) in [6, 6.07) is 18.1. The van der Waals surface area contributed by atoms with Crippen LogP contribution in [0.25, 0.3) is 0 Å². The van der Waals surface area contributed by atoms with Crippen LogP contribution in [0.1, 0.15) is 29.0 Å². The molecule has 0 saturated carbocycles. The third-order valence-corrected chi connectivity index (χ3v) is 5.51. The molecule has 0 bridgehead atoms. The second-order valence-corrected chi connectivity index (χ2v) is 7.70. The van der Waals surface area contributed by atoms with Crippen LogP contribution in [0.5, 0.6) is 23.0 Å². The predicted octanol–water partition coefficient (Wildman–Crippen LogP) is 3.45. The number of nitrogens with two attached hydrogens (primary N) is 1. The Bertz CT molecular complexity index is 1260. The highest BCUT2D eigenvalue weighted by Crippen LogP contribution is 2.42. The lowest BCUT2D eigenvalue weighted by atomic mass is 10.0. The van der Waals surface area contributed by atoms with E-state index in [1.54, 1.807) is 35.2 Å². The number of carbonyl (C=O) groups excluding carboxylic acids is 2. The molecule has 2 amide bonds. The Labute approximate surface area is 196 Å². The number of hydrogen-bond donors (Lipinski definition) is 2. The standard InChI is InChI=1S/C25H23N3O6/c1-2-31-21-11-15(7-9-19(21)32-13-23(26)29)24-27-18-6-4-3-5-17(18)25(30)28(24)16-8-10-20-22(12-16)34-14-33-20/h3-12,24,27H,2,13-14H2,1H3,(H2,26,29)/t24-/m0/s1. The number of primary amides is 1. The molecule has 0 aromatic heterocycles. The average Bonchev–Trinajstić information content (AvgIpc) is 3.31. The molecule has 2 heterocycles. The number of rotatable bonds is 7. The Hall–Kier alpha value is -4.40. The van der Waals surface area contributed by atoms with Gasteiger partial charge in [-0.15, -0.1) is 0 Å². The topological polar surface area (TPSA) is 112 Å². The van der Waals surface area contributed by atoms with Gasteiger partial charge in [0.15, 0.2) is 29.6 Å². The molecule has 174 valence electrons. The van der Waals surface area contributed by atoms with Gasteiger partial charge < -0.3 is 30.0 Å². The van der Waals surface area contributed by atoms with Gasteiger partial charge in [0.2, 0.25) is 6.79 Å². The second kappa shape index (κ2) is 8.86. The van der Waals surface area contributed by atoms with Gasteiger partial charge in [-0.2, -0.15) is 0 Å². The molecule has 0 radical (unpaired) electrons. The largest absolute Gasteiger partial charge is 0.490 e. The number of ether oxygens (including phenoxy) is 4. The van der Waals surface area contributed by atoms with Crippen LogP contribution >= 0.6 is 0 Å². The molecule has 9 nitrogen and oxygen atoms in total. The van der Waals surface area contributed by atoms with Crippen molar-refractivity contribution < 1.29 is 28.5 Å². The first kappa shape index (κ1) is 21.4. The van der Waals surface area contributed by atoms with Gasteiger partial charge in [-0.3, -0.25) is 14.5 Å². The molecule has 3 aromatic rings. The maximum Gasteiger partial charge on any atom is 0.262 e. The van der Waals surface area contributed by atoms with E-state index in [0.717, 1.165) is 11.3 Å². The second-order valence-electron chi connectivity index (χ2n) is 7.70. The molecule has 0 spiro atoms. The van der Waals surface area contributed by atoms with E-state index in [1.165, 1.54) is 0 Å². The number of anilines is 2. The lowest BCUT2D eigenvalue weighted by Gasteiger charge is -2.38. The number of fused-ring (bicyclic) bond motifs is 2. The van der Waals surface area contributed by atoms with Crippen LogP contribution in [-0.2, 0) is 4.79 Å². The van der Waals surface area contributed by atoms with E-state index in [2.05, 4.69) is 5.32 Å². The molecule has 0 saturated heterocycles. The Morgan fingerprint density at radius 1 is 1.06 bits per heavy atom. The Balaban J connectivity index is 1.58. The smallest absolute Gasteiger partial charge is 0.262 e. The molecule has 0 aliphatic carbocycles. The Morgan fingerprint density at radius 2 is 1.88 bits per heavy atom. The molecule has 0 unspecified atom stereocenters. The van der Waals surface area contributed by atoms with Gasteiger partial charge in [-0.1, -0.05) is 18.2 Å². The van der Waals surface area contributed by atoms with Crippen molar-refractivity contribution in [3.8, 4) is 23.0 Å². The highest BCUT2D eigenvalue weighted by atomic mass is 16.7. The number of carbonyl (C=O) groups is 2. The van der Waals surface area contributed by atoms with Crippen molar-refractivity contribution in [3.05, 3.63) is 71.8 Å². The predicted molar refractivity (Wildman–Crippen MR) is 124 cm³/mol. The molecule has 5 rings (SSSR count). The van der Waals surface area contributed by atoms with Crippen LogP contribution in [0.2, 0.25) is 0 Å². The Morgan fingerprint density at radius 3 is 2.71 bits per heavy atom. The van der Waals surface area contributed by atoms with Gasteiger partial charge in [-0.05, 0) is 48.9 Å². The molecule has 3 aromatic carbocycles. The quantitative estimate of drug-likeness (QED) is 0.554. The van der Waals surface area contributed by atoms with Gasteiger partial charge in [-0.25, -0.2) is 0 Å². The van der Waals surface area contributed by atoms with Crippen LogP contribution in [-0.4, -0.2) is 31.8 Å². The van der Waals surface area contributed by atoms with Crippen molar-refractivity contribution in [2.45, 2.75) is 13.1 Å². The van der Waals surface area contributed by atoms with Gasteiger partial charge in [0.25, 0.3) is 11.8 Å². The van der Waals surface area contributed by atoms with Crippen molar-refractivity contribution in [2.75, 3.05) is 30.2 Å². The molecular weight excluding hydrogens is 438 g/mol. The number of hydrogen-bond acceptors (Lipinski definition) is 7. The number of nitrogens with zero attached hydrogens (tertiary/aromatic N) is 1. The van der Waals surface area contributed by atoms with E-state index in [4.69, 9.17) is 24.7 Å². The fourth-order valence-corrected chi connectivity index (χ4v) is 4.02. The summed E-state index contributed by atoms with van der Waals surface area (Å²) in [5, 5.41) is 3.46. The zero-order valence-electron chi connectivity index (χ0n) is 18.4. The lowest BCUT2D eigenvalue weighted by molar-refractivity contribution is -0.119. The molecule has 3 N–H and O–H groups in total. The molecular formula is C25H23N3O6. The molecule has 1 atom stereocenters. The highest BCUT2D eigenvalue weighted by Gasteiger charge is 2.35. The van der Waals surface area contributed by atoms with Gasteiger partial charge >= 0.3 is 0 Å². The van der Waals surface area contributed by atoms with E-state index in [1.807, 2.05) is 37.3 Å². The summed E-state index contributed by atoms with van der Waals surface area (Å²) >= 11 is 0. The fourth-order valence-electron chi connectivity index (χ4n) is 4.02. The van der Waals surface area contributed by atoms with Crippen molar-refractivity contribution in [2.24, 2.45) is 5.73 Å². The number of benzene rings is 3. The normalized spacial score (nSPS) is 16.0. The summed E-state index contributed by atoms with van der Waals surface area (Å²) in [7, 11) is 0. The average molecular weight is 461 g/mol. The zero-order valence-corrected chi connectivity index (χ0v) is 18.4. The SMILES string of the molecule is CCOc1cc([C@H]2Nc3ccccc3C(=O)N2c2ccc3c(c2)OCO3)ccc1OCC(N)=O. The lowest BCUT2D eigenvalue weighted by Crippen LogP contribution is -2.43. The fraction of sp³-hybridized carbons (Fsp3) is 0.200. The molecule has 2 aliphatic rings. The first-order chi connectivity index (χ1) is 16.5. The summed E-state index contributed by atoms with van der Waals surface area (Å²) in [6.07, 6.45) is -0.549. The summed E-state index contributed by atoms with van der Waals surface area (Å²) in [5.41, 5.74) is 7.90. The highest BCUT2D eigenvalue weighted by molar-refractivity contribution is 6.12. The third-order valence-electron chi connectivity index (χ3n) is 5.51. The molecule has 34 heavy (non-hydrogen) atoms. The van der Waals surface area contributed by atoms with E-state index >= 15 is 0 Å². The van der Waals surface area contributed by atoms with Crippen LogP contribution in [0.4, 0.5) is 11.4 Å². The first-order valence-corrected chi connectivity index (χ1v) is 10.8. The Kier molecular flexibility index (Phi) is 5.59. The maximum absolute atomic E-state index is 13.7. The van der Waals surface area contributed by atoms with Gasteiger partial charge in [0.05, 0.1) is 17.9 Å². The van der Waals surface area contributed by atoms with Crippen molar-refractivity contribution in [1.29, 1.82) is 0 Å². The van der Waals surface area contributed by atoms with Crippen molar-refractivity contribution in [1.82, 2.24) is 0 Å².